The Hall–Kier alpha value is -2.63. The van der Waals surface area contributed by atoms with Gasteiger partial charge in [0.2, 0.25) is 11.7 Å². The molecule has 25 heavy (non-hydrogen) atoms. The van der Waals surface area contributed by atoms with Crippen molar-refractivity contribution in [2.45, 2.75) is 39.3 Å². The van der Waals surface area contributed by atoms with Crippen molar-refractivity contribution < 1.29 is 9.59 Å². The van der Waals surface area contributed by atoms with Crippen molar-refractivity contribution in [2.24, 2.45) is 0 Å². The molecular formula is C19H24N4O2. The maximum atomic E-state index is 12.3. The Kier molecular flexibility index (Phi) is 4.88. The third-order valence-corrected chi connectivity index (χ3v) is 4.83. The third-order valence-electron chi connectivity index (χ3n) is 4.83. The number of nitrogens with zero attached hydrogens (tertiary/aromatic N) is 3. The molecule has 1 unspecified atom stereocenters. The van der Waals surface area contributed by atoms with Crippen LogP contribution < -0.4 is 10.2 Å². The number of anilines is 1. The number of likely N-dealkylation sites (N-methyl/N-ethyl adjacent to an activating group) is 1. The lowest BCUT2D eigenvalue weighted by Gasteiger charge is -2.14. The first kappa shape index (κ1) is 17.2. The number of carbonyl (C=O) groups excluding carboxylic acids is 2. The normalized spacial score (nSPS) is 16.2. The van der Waals surface area contributed by atoms with Gasteiger partial charge < -0.3 is 14.8 Å². The van der Waals surface area contributed by atoms with Crippen LogP contribution in [0.2, 0.25) is 0 Å². The van der Waals surface area contributed by atoms with E-state index in [1.807, 2.05) is 18.9 Å². The molecule has 1 aliphatic heterocycles. The summed E-state index contributed by atoms with van der Waals surface area (Å²) in [4.78, 5) is 30.6. The standard InChI is InChI=1S/C19H24N4O2/c1-4-14-5-7-15(8-6-14)9-10-20-16(24)11-23-12-21-19-17(23)18(25)13(2)22(19)3/h5-8,12-13H,4,9-11H2,1-3H3,(H,20,24). The molecule has 0 radical (unpaired) electrons. The lowest BCUT2D eigenvalue weighted by atomic mass is 10.1. The summed E-state index contributed by atoms with van der Waals surface area (Å²) in [6.07, 6.45) is 3.38. The van der Waals surface area contributed by atoms with E-state index >= 15 is 0 Å². The second kappa shape index (κ2) is 7.09. The number of nitrogens with one attached hydrogen (secondary N) is 1. The van der Waals surface area contributed by atoms with Gasteiger partial charge in [-0.1, -0.05) is 31.2 Å². The van der Waals surface area contributed by atoms with Crippen molar-refractivity contribution in [3.63, 3.8) is 0 Å². The van der Waals surface area contributed by atoms with Gasteiger partial charge in [0.25, 0.3) is 0 Å². The largest absolute Gasteiger partial charge is 0.354 e. The Bertz CT molecular complexity index is 779. The van der Waals surface area contributed by atoms with Gasteiger partial charge >= 0.3 is 0 Å². The second-order valence-electron chi connectivity index (χ2n) is 6.47. The number of ketones is 1. The molecule has 3 rings (SSSR count). The summed E-state index contributed by atoms with van der Waals surface area (Å²) in [5.41, 5.74) is 3.04. The van der Waals surface area contributed by atoms with Crippen LogP contribution in [0, 0.1) is 0 Å². The smallest absolute Gasteiger partial charge is 0.240 e. The van der Waals surface area contributed by atoms with E-state index in [2.05, 4.69) is 41.5 Å². The molecule has 0 fully saturated rings. The van der Waals surface area contributed by atoms with E-state index < -0.39 is 0 Å². The fraction of sp³-hybridized carbons (Fsp3) is 0.421. The van der Waals surface area contributed by atoms with Crippen LogP contribution in [-0.4, -0.2) is 40.9 Å². The zero-order chi connectivity index (χ0) is 18.0. The molecule has 132 valence electrons. The minimum absolute atomic E-state index is 0.0128. The van der Waals surface area contributed by atoms with E-state index in [0.29, 0.717) is 18.1 Å². The summed E-state index contributed by atoms with van der Waals surface area (Å²) in [6, 6.07) is 8.22. The maximum Gasteiger partial charge on any atom is 0.240 e. The molecule has 1 aromatic heterocycles. The molecule has 1 N–H and O–H groups in total. The highest BCUT2D eigenvalue weighted by Gasteiger charge is 2.36. The molecule has 1 aliphatic rings. The number of amides is 1. The number of fused-ring (bicyclic) bond motifs is 1. The molecule has 0 saturated carbocycles. The van der Waals surface area contributed by atoms with Crippen molar-refractivity contribution in [3.05, 3.63) is 47.4 Å². The number of carbonyl (C=O) groups is 2. The van der Waals surface area contributed by atoms with Gasteiger partial charge in [-0.3, -0.25) is 9.59 Å². The molecular weight excluding hydrogens is 316 g/mol. The number of Topliss-reactive ketones (excluding diaryl/α,β-unsaturated/α-hetero) is 1. The SMILES string of the molecule is CCc1ccc(CCNC(=O)Cn2cnc3c2C(=O)C(C)N3C)cc1. The summed E-state index contributed by atoms with van der Waals surface area (Å²) in [7, 11) is 1.84. The van der Waals surface area contributed by atoms with Crippen molar-refractivity contribution in [1.82, 2.24) is 14.9 Å². The Morgan fingerprint density at radius 2 is 1.92 bits per heavy atom. The Morgan fingerprint density at radius 3 is 2.60 bits per heavy atom. The molecule has 2 aromatic rings. The summed E-state index contributed by atoms with van der Waals surface area (Å²) in [5.74, 6) is 0.556. The Labute approximate surface area is 147 Å². The number of aromatic nitrogens is 2. The third kappa shape index (κ3) is 3.43. The molecule has 1 amide bonds. The highest BCUT2D eigenvalue weighted by Crippen LogP contribution is 2.28. The van der Waals surface area contributed by atoms with Crippen LogP contribution >= 0.6 is 0 Å². The summed E-state index contributed by atoms with van der Waals surface area (Å²) >= 11 is 0. The molecule has 0 saturated heterocycles. The van der Waals surface area contributed by atoms with Gasteiger partial charge in [-0.05, 0) is 30.9 Å². The van der Waals surface area contributed by atoms with Crippen molar-refractivity contribution in [1.29, 1.82) is 0 Å². The van der Waals surface area contributed by atoms with Crippen LogP contribution in [0.1, 0.15) is 35.5 Å². The lowest BCUT2D eigenvalue weighted by Crippen LogP contribution is -2.31. The van der Waals surface area contributed by atoms with Gasteiger partial charge in [-0.2, -0.15) is 0 Å². The monoisotopic (exact) mass is 340 g/mol. The van der Waals surface area contributed by atoms with Gasteiger partial charge in [0, 0.05) is 13.6 Å². The van der Waals surface area contributed by atoms with Gasteiger partial charge in [0.15, 0.2) is 5.82 Å². The van der Waals surface area contributed by atoms with Crippen LogP contribution in [0.4, 0.5) is 5.82 Å². The first-order valence-corrected chi connectivity index (χ1v) is 8.68. The van der Waals surface area contributed by atoms with Crippen LogP contribution in [0.5, 0.6) is 0 Å². The van der Waals surface area contributed by atoms with E-state index in [0.717, 1.165) is 12.8 Å². The molecule has 0 spiro atoms. The van der Waals surface area contributed by atoms with Gasteiger partial charge in [0.1, 0.15) is 12.2 Å². The minimum Gasteiger partial charge on any atom is -0.354 e. The fourth-order valence-corrected chi connectivity index (χ4v) is 3.06. The van der Waals surface area contributed by atoms with Crippen molar-refractivity contribution in [2.75, 3.05) is 18.5 Å². The maximum absolute atomic E-state index is 12.3. The minimum atomic E-state index is -0.223. The number of benzene rings is 1. The Balaban J connectivity index is 1.54. The molecule has 1 aromatic carbocycles. The van der Waals surface area contributed by atoms with E-state index in [9.17, 15) is 9.59 Å². The summed E-state index contributed by atoms with van der Waals surface area (Å²) in [5, 5.41) is 2.91. The first-order chi connectivity index (χ1) is 12.0. The van der Waals surface area contributed by atoms with Crippen LogP contribution in [-0.2, 0) is 24.2 Å². The zero-order valence-electron chi connectivity index (χ0n) is 15.0. The lowest BCUT2D eigenvalue weighted by molar-refractivity contribution is -0.121. The average Bonchev–Trinajstić information content (AvgIpc) is 3.11. The molecule has 0 bridgehead atoms. The number of hydrogen-bond acceptors (Lipinski definition) is 4. The molecule has 2 heterocycles. The van der Waals surface area contributed by atoms with E-state index in [1.54, 1.807) is 10.9 Å². The number of imidazole rings is 1. The van der Waals surface area contributed by atoms with Crippen LogP contribution in [0.25, 0.3) is 0 Å². The predicted molar refractivity (Wildman–Crippen MR) is 97.0 cm³/mol. The van der Waals surface area contributed by atoms with Gasteiger partial charge in [0.05, 0.1) is 12.4 Å². The number of rotatable bonds is 6. The molecule has 1 atom stereocenters. The second-order valence-corrected chi connectivity index (χ2v) is 6.47. The summed E-state index contributed by atoms with van der Waals surface area (Å²) < 4.78 is 1.64. The highest BCUT2D eigenvalue weighted by atomic mass is 16.2. The van der Waals surface area contributed by atoms with Crippen molar-refractivity contribution >= 4 is 17.5 Å². The fourth-order valence-electron chi connectivity index (χ4n) is 3.06. The van der Waals surface area contributed by atoms with Gasteiger partial charge in [-0.15, -0.1) is 0 Å². The average molecular weight is 340 g/mol. The molecule has 6 heteroatoms. The topological polar surface area (TPSA) is 67.2 Å². The van der Waals surface area contributed by atoms with Gasteiger partial charge in [-0.25, -0.2) is 4.98 Å². The molecule has 6 nitrogen and oxygen atoms in total. The zero-order valence-corrected chi connectivity index (χ0v) is 15.0. The number of aryl methyl sites for hydroxylation is 1. The summed E-state index contributed by atoms with van der Waals surface area (Å²) in [6.45, 7) is 4.67. The van der Waals surface area contributed by atoms with E-state index in [1.165, 1.54) is 11.1 Å². The quantitative estimate of drug-likeness (QED) is 0.871. The van der Waals surface area contributed by atoms with Crippen molar-refractivity contribution in [3.8, 4) is 0 Å². The number of hydrogen-bond donors (Lipinski definition) is 1. The van der Waals surface area contributed by atoms with Crippen LogP contribution in [0.3, 0.4) is 0 Å². The molecule has 0 aliphatic carbocycles. The van der Waals surface area contributed by atoms with E-state index in [4.69, 9.17) is 0 Å². The van der Waals surface area contributed by atoms with Crippen LogP contribution in [0.15, 0.2) is 30.6 Å². The first-order valence-electron chi connectivity index (χ1n) is 8.68. The van der Waals surface area contributed by atoms with E-state index in [-0.39, 0.29) is 24.3 Å². The Morgan fingerprint density at radius 1 is 1.24 bits per heavy atom. The predicted octanol–water partition coefficient (Wildman–Crippen LogP) is 1.83. The highest BCUT2D eigenvalue weighted by molar-refractivity contribution is 6.08.